The molecule has 0 bridgehead atoms. The Labute approximate surface area is 164 Å². The van der Waals surface area contributed by atoms with E-state index in [1.54, 1.807) is 30.3 Å². The first-order valence-corrected chi connectivity index (χ1v) is 10.8. The van der Waals surface area contributed by atoms with Crippen LogP contribution in [0.2, 0.25) is 0 Å². The fourth-order valence-electron chi connectivity index (χ4n) is 3.59. The molecular formula is C20H22N2O5S. The third-order valence-electron chi connectivity index (χ3n) is 4.89. The summed E-state index contributed by atoms with van der Waals surface area (Å²) in [4.78, 5) is 11.2. The van der Waals surface area contributed by atoms with Gasteiger partial charge < -0.3 is 14.8 Å². The van der Waals surface area contributed by atoms with Crippen molar-refractivity contribution >= 4 is 27.3 Å². The van der Waals surface area contributed by atoms with E-state index in [0.717, 1.165) is 25.7 Å². The Balaban J connectivity index is 1.50. The van der Waals surface area contributed by atoms with Crippen LogP contribution < -0.4 is 19.5 Å². The average molecular weight is 402 g/mol. The molecule has 2 aliphatic rings. The van der Waals surface area contributed by atoms with Crippen LogP contribution in [0.1, 0.15) is 39.0 Å². The van der Waals surface area contributed by atoms with Gasteiger partial charge in [-0.15, -0.1) is 0 Å². The van der Waals surface area contributed by atoms with Gasteiger partial charge in [-0.2, -0.15) is 0 Å². The van der Waals surface area contributed by atoms with E-state index in [2.05, 4.69) is 10.0 Å². The van der Waals surface area contributed by atoms with Crippen molar-refractivity contribution in [1.29, 1.82) is 0 Å². The maximum absolute atomic E-state index is 12.7. The number of carbonyl (C=O) groups excluding carboxylic acids is 1. The van der Waals surface area contributed by atoms with Gasteiger partial charge in [-0.1, -0.05) is 6.42 Å². The van der Waals surface area contributed by atoms with Crippen molar-refractivity contribution in [2.45, 2.75) is 49.7 Å². The second-order valence-corrected chi connectivity index (χ2v) is 8.83. The fourth-order valence-corrected chi connectivity index (χ4v) is 4.64. The Kier molecular flexibility index (Phi) is 4.66. The molecule has 0 aromatic heterocycles. The van der Waals surface area contributed by atoms with Gasteiger partial charge in [0.2, 0.25) is 5.91 Å². The van der Waals surface area contributed by atoms with Gasteiger partial charge >= 0.3 is 0 Å². The number of carbonyl (C=O) groups is 1. The number of anilines is 2. The normalized spacial score (nSPS) is 17.3. The van der Waals surface area contributed by atoms with Gasteiger partial charge in [0.25, 0.3) is 15.8 Å². The van der Waals surface area contributed by atoms with Crippen LogP contribution in [0.5, 0.6) is 11.5 Å². The van der Waals surface area contributed by atoms with Gasteiger partial charge in [-0.3, -0.25) is 9.52 Å². The molecule has 0 radical (unpaired) electrons. The van der Waals surface area contributed by atoms with Crippen LogP contribution in [-0.2, 0) is 14.8 Å². The first kappa shape index (κ1) is 18.6. The first-order valence-electron chi connectivity index (χ1n) is 9.28. The maximum atomic E-state index is 12.7. The van der Waals surface area contributed by atoms with Crippen molar-refractivity contribution in [2.24, 2.45) is 0 Å². The van der Waals surface area contributed by atoms with Crippen LogP contribution >= 0.6 is 0 Å². The predicted molar refractivity (Wildman–Crippen MR) is 105 cm³/mol. The summed E-state index contributed by atoms with van der Waals surface area (Å²) >= 11 is 0. The van der Waals surface area contributed by atoms with Gasteiger partial charge in [-0.25, -0.2) is 8.42 Å². The lowest BCUT2D eigenvalue weighted by Crippen LogP contribution is -2.40. The molecule has 1 saturated carbocycles. The second-order valence-electron chi connectivity index (χ2n) is 7.15. The Morgan fingerprint density at radius 2 is 1.57 bits per heavy atom. The van der Waals surface area contributed by atoms with E-state index < -0.39 is 15.8 Å². The fraction of sp³-hybridized carbons (Fsp3) is 0.350. The molecule has 1 aliphatic heterocycles. The minimum absolute atomic E-state index is 0.100. The Hall–Kier alpha value is -2.74. The molecule has 4 rings (SSSR count). The van der Waals surface area contributed by atoms with E-state index in [0.29, 0.717) is 22.9 Å². The Morgan fingerprint density at radius 3 is 2.25 bits per heavy atom. The Morgan fingerprint density at radius 1 is 0.929 bits per heavy atom. The summed E-state index contributed by atoms with van der Waals surface area (Å²) in [6.45, 7) is 1.39. The molecule has 2 N–H and O–H groups in total. The van der Waals surface area contributed by atoms with Crippen molar-refractivity contribution in [3.8, 4) is 11.5 Å². The molecule has 1 aliphatic carbocycles. The maximum Gasteiger partial charge on any atom is 0.261 e. The molecule has 1 heterocycles. The van der Waals surface area contributed by atoms with Gasteiger partial charge in [0.05, 0.1) is 10.6 Å². The molecule has 1 fully saturated rings. The van der Waals surface area contributed by atoms with Crippen LogP contribution in [0, 0.1) is 0 Å². The number of amides is 1. The third-order valence-corrected chi connectivity index (χ3v) is 6.29. The van der Waals surface area contributed by atoms with Gasteiger partial charge in [0, 0.05) is 31.5 Å². The molecule has 0 atom stereocenters. The zero-order valence-electron chi connectivity index (χ0n) is 15.5. The van der Waals surface area contributed by atoms with E-state index in [1.807, 2.05) is 0 Å². The summed E-state index contributed by atoms with van der Waals surface area (Å²) in [5, 5.41) is 2.61. The van der Waals surface area contributed by atoms with Gasteiger partial charge in [0.1, 0.15) is 0 Å². The quantitative estimate of drug-likeness (QED) is 0.810. The molecule has 2 aromatic carbocycles. The standard InChI is InChI=1S/C20H22N2O5S/c1-14(23)21-15-5-8-17(9-6-15)28(24,25)22-16-7-10-18-19(13-16)27-20(26-18)11-3-2-4-12-20/h5-10,13,22H,2-4,11-12H2,1H3,(H,21,23). The number of hydrogen-bond donors (Lipinski definition) is 2. The first-order chi connectivity index (χ1) is 13.4. The lowest BCUT2D eigenvalue weighted by atomic mass is 9.94. The molecule has 1 amide bonds. The van der Waals surface area contributed by atoms with Crippen LogP contribution in [0.4, 0.5) is 11.4 Å². The number of benzene rings is 2. The van der Waals surface area contributed by atoms with Crippen molar-refractivity contribution in [3.63, 3.8) is 0 Å². The highest BCUT2D eigenvalue weighted by Crippen LogP contribution is 2.46. The summed E-state index contributed by atoms with van der Waals surface area (Å²) in [6, 6.07) is 11.0. The number of nitrogens with one attached hydrogen (secondary N) is 2. The van der Waals surface area contributed by atoms with Crippen LogP contribution in [0.3, 0.4) is 0 Å². The van der Waals surface area contributed by atoms with Crippen molar-refractivity contribution in [2.75, 3.05) is 10.0 Å². The molecule has 28 heavy (non-hydrogen) atoms. The smallest absolute Gasteiger partial charge is 0.261 e. The zero-order chi connectivity index (χ0) is 19.8. The lowest BCUT2D eigenvalue weighted by Gasteiger charge is -2.31. The van der Waals surface area contributed by atoms with Gasteiger partial charge in [0.15, 0.2) is 11.5 Å². The van der Waals surface area contributed by atoms with Gasteiger partial charge in [-0.05, 0) is 49.2 Å². The molecule has 148 valence electrons. The van der Waals surface area contributed by atoms with Crippen molar-refractivity contribution in [3.05, 3.63) is 42.5 Å². The van der Waals surface area contributed by atoms with Crippen molar-refractivity contribution in [1.82, 2.24) is 0 Å². The molecule has 2 aromatic rings. The van der Waals surface area contributed by atoms with E-state index in [-0.39, 0.29) is 10.8 Å². The average Bonchev–Trinajstić information content (AvgIpc) is 2.98. The second kappa shape index (κ2) is 7.01. The lowest BCUT2D eigenvalue weighted by molar-refractivity contribution is -0.114. The van der Waals surface area contributed by atoms with Crippen molar-refractivity contribution < 1.29 is 22.7 Å². The van der Waals surface area contributed by atoms with E-state index >= 15 is 0 Å². The van der Waals surface area contributed by atoms with E-state index in [1.165, 1.54) is 25.5 Å². The summed E-state index contributed by atoms with van der Waals surface area (Å²) in [6.07, 6.45) is 4.97. The van der Waals surface area contributed by atoms with E-state index in [9.17, 15) is 13.2 Å². The van der Waals surface area contributed by atoms with Crippen LogP contribution in [0.15, 0.2) is 47.4 Å². The number of hydrogen-bond acceptors (Lipinski definition) is 5. The molecule has 0 unspecified atom stereocenters. The number of rotatable bonds is 4. The molecule has 7 nitrogen and oxygen atoms in total. The third kappa shape index (κ3) is 3.77. The summed E-state index contributed by atoms with van der Waals surface area (Å²) < 4.78 is 40.0. The number of fused-ring (bicyclic) bond motifs is 1. The van der Waals surface area contributed by atoms with Crippen LogP contribution in [-0.4, -0.2) is 20.1 Å². The molecule has 8 heteroatoms. The van der Waals surface area contributed by atoms with E-state index in [4.69, 9.17) is 9.47 Å². The summed E-state index contributed by atoms with van der Waals surface area (Å²) in [7, 11) is -3.77. The summed E-state index contributed by atoms with van der Waals surface area (Å²) in [5.41, 5.74) is 0.938. The number of sulfonamides is 1. The minimum atomic E-state index is -3.77. The molecular weight excluding hydrogens is 380 g/mol. The number of ether oxygens (including phenoxy) is 2. The highest BCUT2D eigenvalue weighted by atomic mass is 32.2. The SMILES string of the molecule is CC(=O)Nc1ccc(S(=O)(=O)Nc2ccc3c(c2)OC2(CCCCC2)O3)cc1. The predicted octanol–water partition coefficient (Wildman–Crippen LogP) is 3.88. The monoisotopic (exact) mass is 402 g/mol. The molecule has 0 saturated heterocycles. The topological polar surface area (TPSA) is 93.7 Å². The van der Waals surface area contributed by atoms with Crippen LogP contribution in [0.25, 0.3) is 0 Å². The summed E-state index contributed by atoms with van der Waals surface area (Å²) in [5.74, 6) is 0.384. The zero-order valence-corrected chi connectivity index (χ0v) is 16.3. The Bertz CT molecular complexity index is 996. The minimum Gasteiger partial charge on any atom is -0.448 e. The molecule has 1 spiro atoms. The largest absolute Gasteiger partial charge is 0.448 e. The highest BCUT2D eigenvalue weighted by Gasteiger charge is 2.42. The highest BCUT2D eigenvalue weighted by molar-refractivity contribution is 7.92.